The number of benzene rings is 1. The normalized spacial score (nSPS) is 13.0. The lowest BCUT2D eigenvalue weighted by Crippen LogP contribution is -2.50. The second-order valence-corrected chi connectivity index (χ2v) is 7.00. The van der Waals surface area contributed by atoms with Gasteiger partial charge in [-0.2, -0.15) is 5.10 Å². The lowest BCUT2D eigenvalue weighted by Gasteiger charge is -2.23. The van der Waals surface area contributed by atoms with Crippen molar-refractivity contribution >= 4 is 11.8 Å². The zero-order valence-corrected chi connectivity index (χ0v) is 16.7. The molecule has 6 nitrogen and oxygen atoms in total. The number of aromatic nitrogens is 2. The molecule has 0 bridgehead atoms. The number of nitrogens with zero attached hydrogens (tertiary/aromatic N) is 2. The number of aryl methyl sites for hydroxylation is 3. The van der Waals surface area contributed by atoms with Crippen molar-refractivity contribution in [3.05, 3.63) is 53.3 Å². The first-order valence-electron chi connectivity index (χ1n) is 9.57. The van der Waals surface area contributed by atoms with Gasteiger partial charge < -0.3 is 10.6 Å². The molecule has 0 saturated carbocycles. The van der Waals surface area contributed by atoms with E-state index in [2.05, 4.69) is 15.7 Å². The number of carbonyl (C=O) groups excluding carboxylic acids is 2. The smallest absolute Gasteiger partial charge is 0.251 e. The molecular formula is C21H30N4O2. The van der Waals surface area contributed by atoms with Gasteiger partial charge >= 0.3 is 0 Å². The first-order valence-corrected chi connectivity index (χ1v) is 9.57. The summed E-state index contributed by atoms with van der Waals surface area (Å²) in [6.07, 6.45) is 1.59. The first-order chi connectivity index (χ1) is 12.9. The van der Waals surface area contributed by atoms with Gasteiger partial charge in [-0.3, -0.25) is 14.3 Å². The van der Waals surface area contributed by atoms with Gasteiger partial charge in [-0.05, 0) is 44.4 Å². The number of nitrogens with one attached hydrogen (secondary N) is 2. The molecule has 2 rings (SSSR count). The summed E-state index contributed by atoms with van der Waals surface area (Å²) in [6, 6.07) is 10.5. The molecule has 2 aromatic rings. The molecule has 0 saturated heterocycles. The maximum absolute atomic E-state index is 12.6. The highest BCUT2D eigenvalue weighted by atomic mass is 16.2. The molecule has 146 valence electrons. The van der Waals surface area contributed by atoms with Crippen molar-refractivity contribution in [2.24, 2.45) is 5.92 Å². The van der Waals surface area contributed by atoms with E-state index in [1.807, 2.05) is 56.6 Å². The van der Waals surface area contributed by atoms with Crippen LogP contribution in [-0.2, 0) is 11.3 Å². The topological polar surface area (TPSA) is 76.0 Å². The van der Waals surface area contributed by atoms with Crippen LogP contribution >= 0.6 is 0 Å². The summed E-state index contributed by atoms with van der Waals surface area (Å²) in [4.78, 5) is 25.1. The van der Waals surface area contributed by atoms with Crippen molar-refractivity contribution in [1.82, 2.24) is 20.4 Å². The lowest BCUT2D eigenvalue weighted by atomic mass is 9.98. The van der Waals surface area contributed by atoms with E-state index in [-0.39, 0.29) is 17.7 Å². The van der Waals surface area contributed by atoms with Crippen LogP contribution in [0.15, 0.2) is 36.4 Å². The molecule has 0 aliphatic rings. The van der Waals surface area contributed by atoms with E-state index in [0.717, 1.165) is 30.8 Å². The van der Waals surface area contributed by atoms with Gasteiger partial charge in [0.2, 0.25) is 5.91 Å². The average molecular weight is 370 g/mol. The highest BCUT2D eigenvalue weighted by molar-refractivity contribution is 5.97. The van der Waals surface area contributed by atoms with Gasteiger partial charge in [-0.1, -0.05) is 38.5 Å². The van der Waals surface area contributed by atoms with Crippen LogP contribution < -0.4 is 10.6 Å². The summed E-state index contributed by atoms with van der Waals surface area (Å²) >= 11 is 0. The molecule has 0 radical (unpaired) electrons. The molecule has 0 aliphatic heterocycles. The van der Waals surface area contributed by atoms with E-state index in [4.69, 9.17) is 0 Å². The quantitative estimate of drug-likeness (QED) is 0.667. The maximum atomic E-state index is 12.6. The van der Waals surface area contributed by atoms with Crippen molar-refractivity contribution in [2.75, 3.05) is 6.54 Å². The van der Waals surface area contributed by atoms with Gasteiger partial charge in [0.1, 0.15) is 6.04 Å². The van der Waals surface area contributed by atoms with E-state index < -0.39 is 6.04 Å². The zero-order valence-electron chi connectivity index (χ0n) is 16.7. The number of amides is 2. The molecular weight excluding hydrogens is 340 g/mol. The van der Waals surface area contributed by atoms with Crippen LogP contribution in [0.4, 0.5) is 0 Å². The van der Waals surface area contributed by atoms with Gasteiger partial charge in [0, 0.05) is 24.3 Å². The van der Waals surface area contributed by atoms with Crippen LogP contribution in [0.1, 0.15) is 48.4 Å². The minimum atomic E-state index is -0.545. The summed E-state index contributed by atoms with van der Waals surface area (Å²) < 4.78 is 1.95. The fraction of sp³-hybridized carbons (Fsp3) is 0.476. The molecule has 0 aliphatic carbocycles. The Morgan fingerprint density at radius 1 is 1.19 bits per heavy atom. The molecule has 2 N–H and O–H groups in total. The Morgan fingerprint density at radius 2 is 1.89 bits per heavy atom. The van der Waals surface area contributed by atoms with Crippen molar-refractivity contribution < 1.29 is 9.59 Å². The Kier molecular flexibility index (Phi) is 7.58. The third kappa shape index (κ3) is 5.94. The van der Waals surface area contributed by atoms with Crippen molar-refractivity contribution in [1.29, 1.82) is 0 Å². The van der Waals surface area contributed by atoms with Gasteiger partial charge in [-0.15, -0.1) is 0 Å². The Morgan fingerprint density at radius 3 is 2.48 bits per heavy atom. The predicted octanol–water partition coefficient (Wildman–Crippen LogP) is 2.85. The van der Waals surface area contributed by atoms with Crippen molar-refractivity contribution in [3.63, 3.8) is 0 Å². The van der Waals surface area contributed by atoms with E-state index in [1.165, 1.54) is 0 Å². The fourth-order valence-corrected chi connectivity index (χ4v) is 2.97. The second-order valence-electron chi connectivity index (χ2n) is 7.00. The summed E-state index contributed by atoms with van der Waals surface area (Å²) in [5, 5.41) is 10.3. The SMILES string of the molecule is CC[C@@H](C)[C@H](NC(=O)c1ccccc1)C(=O)NCCCn1nc(C)cc1C. The number of rotatable bonds is 9. The zero-order chi connectivity index (χ0) is 19.8. The first kappa shape index (κ1) is 20.7. The predicted molar refractivity (Wildman–Crippen MR) is 106 cm³/mol. The number of hydrogen-bond acceptors (Lipinski definition) is 3. The van der Waals surface area contributed by atoms with E-state index in [9.17, 15) is 9.59 Å². The third-order valence-corrected chi connectivity index (χ3v) is 4.77. The Hall–Kier alpha value is -2.63. The molecule has 1 aromatic carbocycles. The number of carbonyl (C=O) groups is 2. The minimum absolute atomic E-state index is 0.0497. The Balaban J connectivity index is 1.88. The molecule has 0 unspecified atom stereocenters. The van der Waals surface area contributed by atoms with Crippen LogP contribution in [-0.4, -0.2) is 34.2 Å². The van der Waals surface area contributed by atoms with E-state index >= 15 is 0 Å². The molecule has 0 spiro atoms. The minimum Gasteiger partial charge on any atom is -0.354 e. The highest BCUT2D eigenvalue weighted by Crippen LogP contribution is 2.10. The Labute approximate surface area is 161 Å². The van der Waals surface area contributed by atoms with Crippen LogP contribution in [0.5, 0.6) is 0 Å². The van der Waals surface area contributed by atoms with Crippen LogP contribution in [0, 0.1) is 19.8 Å². The van der Waals surface area contributed by atoms with Gasteiger partial charge in [-0.25, -0.2) is 0 Å². The van der Waals surface area contributed by atoms with Gasteiger partial charge in [0.25, 0.3) is 5.91 Å². The largest absolute Gasteiger partial charge is 0.354 e. The fourth-order valence-electron chi connectivity index (χ4n) is 2.97. The van der Waals surface area contributed by atoms with Crippen molar-refractivity contribution in [3.8, 4) is 0 Å². The molecule has 2 amide bonds. The summed E-state index contributed by atoms with van der Waals surface area (Å²) in [6.45, 7) is 9.29. The number of hydrogen-bond donors (Lipinski definition) is 2. The van der Waals surface area contributed by atoms with Crippen molar-refractivity contribution in [2.45, 2.75) is 53.1 Å². The average Bonchev–Trinajstić information content (AvgIpc) is 3.00. The third-order valence-electron chi connectivity index (χ3n) is 4.77. The van der Waals surface area contributed by atoms with Gasteiger partial charge in [0.15, 0.2) is 0 Å². The Bertz CT molecular complexity index is 755. The lowest BCUT2D eigenvalue weighted by molar-refractivity contribution is -0.124. The molecule has 1 aromatic heterocycles. The standard InChI is InChI=1S/C21H30N4O2/c1-5-15(2)19(23-20(26)18-10-7-6-8-11-18)21(27)22-12-9-13-25-17(4)14-16(3)24-25/h6-8,10-11,14-15,19H,5,9,12-13H2,1-4H3,(H,22,27)(H,23,26)/t15-,19+/m1/s1. The molecule has 0 fully saturated rings. The molecule has 2 atom stereocenters. The summed E-state index contributed by atoms with van der Waals surface area (Å²) in [5.74, 6) is -0.311. The van der Waals surface area contributed by atoms with E-state index in [1.54, 1.807) is 12.1 Å². The summed E-state index contributed by atoms with van der Waals surface area (Å²) in [5.41, 5.74) is 2.67. The monoisotopic (exact) mass is 370 g/mol. The second kappa shape index (κ2) is 9.90. The van der Waals surface area contributed by atoms with Crippen LogP contribution in [0.2, 0.25) is 0 Å². The van der Waals surface area contributed by atoms with E-state index in [0.29, 0.717) is 12.1 Å². The molecule has 1 heterocycles. The molecule has 6 heteroatoms. The molecule has 27 heavy (non-hydrogen) atoms. The highest BCUT2D eigenvalue weighted by Gasteiger charge is 2.25. The van der Waals surface area contributed by atoms with Crippen LogP contribution in [0.25, 0.3) is 0 Å². The van der Waals surface area contributed by atoms with Gasteiger partial charge in [0.05, 0.1) is 5.69 Å². The maximum Gasteiger partial charge on any atom is 0.251 e. The summed E-state index contributed by atoms with van der Waals surface area (Å²) in [7, 11) is 0. The van der Waals surface area contributed by atoms with Crippen LogP contribution in [0.3, 0.4) is 0 Å².